The van der Waals surface area contributed by atoms with Crippen molar-refractivity contribution in [3.05, 3.63) is 23.8 Å². The van der Waals surface area contributed by atoms with Gasteiger partial charge in [0.05, 0.1) is 13.2 Å². The first-order valence-electron chi connectivity index (χ1n) is 11.5. The van der Waals surface area contributed by atoms with Crippen LogP contribution in [0.5, 0.6) is 0 Å². The molecule has 0 saturated carbocycles. The summed E-state index contributed by atoms with van der Waals surface area (Å²) in [5.41, 5.74) is -0.510. The predicted molar refractivity (Wildman–Crippen MR) is 115 cm³/mol. The van der Waals surface area contributed by atoms with Crippen molar-refractivity contribution in [3.63, 3.8) is 0 Å². The third kappa shape index (κ3) is 10.4. The molecule has 0 aliphatic carbocycles. The molecule has 1 rings (SSSR count). The number of allylic oxidation sites excluding steroid dienone is 3. The maximum absolute atomic E-state index is 11.8. The number of aliphatic hydroxyl groups is 2. The van der Waals surface area contributed by atoms with E-state index in [1.807, 2.05) is 6.08 Å². The number of esters is 1. The van der Waals surface area contributed by atoms with Crippen molar-refractivity contribution in [2.24, 2.45) is 0 Å². The van der Waals surface area contributed by atoms with Crippen LogP contribution in [0.15, 0.2) is 23.8 Å². The molecule has 2 N–H and O–H groups in total. The molecule has 4 nitrogen and oxygen atoms in total. The third-order valence-electron chi connectivity index (χ3n) is 5.52. The molecule has 0 unspecified atom stereocenters. The smallest absolute Gasteiger partial charge is 0.334 e. The average molecular weight is 395 g/mol. The molecule has 1 aliphatic heterocycles. The van der Waals surface area contributed by atoms with Crippen molar-refractivity contribution in [2.75, 3.05) is 13.2 Å². The standard InChI is InChI=1S/C24H42O4/c1-2-3-4-5-6-7-8-9-10-11-12-13-14-15-16-17-18-22-19-24(20-25,21-26)28-23(22)27/h9-10,18,25-26H,2-8,11-17,19-21H2,1H3/b10-9-,22-18+. The van der Waals surface area contributed by atoms with Crippen molar-refractivity contribution in [2.45, 2.75) is 109 Å². The van der Waals surface area contributed by atoms with Gasteiger partial charge in [0.25, 0.3) is 0 Å². The van der Waals surface area contributed by atoms with Crippen molar-refractivity contribution in [1.29, 1.82) is 0 Å². The molecule has 0 atom stereocenters. The van der Waals surface area contributed by atoms with Gasteiger partial charge in [0.2, 0.25) is 0 Å². The summed E-state index contributed by atoms with van der Waals surface area (Å²) < 4.78 is 5.13. The molecule has 0 radical (unpaired) electrons. The van der Waals surface area contributed by atoms with E-state index >= 15 is 0 Å². The first-order valence-corrected chi connectivity index (χ1v) is 11.5. The molecule has 28 heavy (non-hydrogen) atoms. The lowest BCUT2D eigenvalue weighted by molar-refractivity contribution is -0.154. The van der Waals surface area contributed by atoms with E-state index in [0.717, 1.165) is 12.8 Å². The molecule has 0 aromatic carbocycles. The van der Waals surface area contributed by atoms with E-state index in [1.165, 1.54) is 77.0 Å². The average Bonchev–Trinajstić information content (AvgIpc) is 3.04. The van der Waals surface area contributed by atoms with Gasteiger partial charge < -0.3 is 14.9 Å². The molecular formula is C24H42O4. The normalized spacial score (nSPS) is 17.7. The zero-order valence-corrected chi connectivity index (χ0v) is 18.0. The van der Waals surface area contributed by atoms with E-state index < -0.39 is 11.6 Å². The van der Waals surface area contributed by atoms with E-state index in [2.05, 4.69) is 19.1 Å². The topological polar surface area (TPSA) is 66.8 Å². The Hall–Kier alpha value is -1.13. The number of ether oxygens (including phenoxy) is 1. The molecule has 162 valence electrons. The highest BCUT2D eigenvalue weighted by Crippen LogP contribution is 2.30. The quantitative estimate of drug-likeness (QED) is 0.145. The summed E-state index contributed by atoms with van der Waals surface area (Å²) >= 11 is 0. The van der Waals surface area contributed by atoms with Gasteiger partial charge in [-0.25, -0.2) is 4.79 Å². The van der Waals surface area contributed by atoms with Gasteiger partial charge in [0.1, 0.15) is 0 Å². The largest absolute Gasteiger partial charge is 0.450 e. The van der Waals surface area contributed by atoms with Crippen LogP contribution < -0.4 is 0 Å². The van der Waals surface area contributed by atoms with Crippen LogP contribution in [-0.2, 0) is 9.53 Å². The maximum Gasteiger partial charge on any atom is 0.334 e. The summed E-state index contributed by atoms with van der Waals surface area (Å²) in [4.78, 5) is 11.8. The zero-order chi connectivity index (χ0) is 20.5. The number of hydrogen-bond donors (Lipinski definition) is 2. The van der Waals surface area contributed by atoms with Crippen LogP contribution in [0.3, 0.4) is 0 Å². The second kappa shape index (κ2) is 15.8. The Morgan fingerprint density at radius 3 is 1.82 bits per heavy atom. The lowest BCUT2D eigenvalue weighted by Crippen LogP contribution is -2.37. The van der Waals surface area contributed by atoms with Crippen LogP contribution in [0.1, 0.15) is 103 Å². The number of cyclic esters (lactones) is 1. The molecule has 0 bridgehead atoms. The number of unbranched alkanes of at least 4 members (excludes halogenated alkanes) is 12. The highest BCUT2D eigenvalue weighted by Gasteiger charge is 2.42. The summed E-state index contributed by atoms with van der Waals surface area (Å²) in [6, 6.07) is 0. The molecule has 0 amide bonds. The molecule has 0 aromatic heterocycles. The maximum atomic E-state index is 11.8. The lowest BCUT2D eigenvalue weighted by Gasteiger charge is -2.21. The van der Waals surface area contributed by atoms with Crippen LogP contribution >= 0.6 is 0 Å². The second-order valence-corrected chi connectivity index (χ2v) is 8.17. The predicted octanol–water partition coefficient (Wildman–Crippen LogP) is 5.62. The molecule has 0 aromatic rings. The van der Waals surface area contributed by atoms with Crippen LogP contribution in [-0.4, -0.2) is 35.0 Å². The Morgan fingerprint density at radius 1 is 0.821 bits per heavy atom. The van der Waals surface area contributed by atoms with Gasteiger partial charge in [-0.15, -0.1) is 0 Å². The van der Waals surface area contributed by atoms with Crippen LogP contribution in [0.2, 0.25) is 0 Å². The van der Waals surface area contributed by atoms with E-state index in [9.17, 15) is 15.0 Å². The fraction of sp³-hybridized carbons (Fsp3) is 0.792. The van der Waals surface area contributed by atoms with Gasteiger partial charge in [-0.1, -0.05) is 76.5 Å². The fourth-order valence-electron chi connectivity index (χ4n) is 3.59. The van der Waals surface area contributed by atoms with Gasteiger partial charge >= 0.3 is 5.97 Å². The van der Waals surface area contributed by atoms with Crippen LogP contribution in [0, 0.1) is 0 Å². The number of rotatable bonds is 17. The van der Waals surface area contributed by atoms with Gasteiger partial charge in [0, 0.05) is 12.0 Å². The zero-order valence-electron chi connectivity index (χ0n) is 18.0. The molecule has 1 fully saturated rings. The summed E-state index contributed by atoms with van der Waals surface area (Å²) in [5, 5.41) is 18.6. The molecule has 1 heterocycles. The molecular weight excluding hydrogens is 352 g/mol. The highest BCUT2D eigenvalue weighted by molar-refractivity contribution is 5.91. The Balaban J connectivity index is 1.94. The monoisotopic (exact) mass is 394 g/mol. The van der Waals surface area contributed by atoms with Gasteiger partial charge in [-0.2, -0.15) is 0 Å². The van der Waals surface area contributed by atoms with E-state index in [1.54, 1.807) is 0 Å². The minimum absolute atomic E-state index is 0.309. The van der Waals surface area contributed by atoms with Gasteiger partial charge in [-0.05, 0) is 38.5 Å². The Labute approximate surface area is 172 Å². The minimum Gasteiger partial charge on any atom is -0.450 e. The number of carbonyl (C=O) groups excluding carboxylic acids is 1. The third-order valence-corrected chi connectivity index (χ3v) is 5.52. The summed E-state index contributed by atoms with van der Waals surface area (Å²) in [7, 11) is 0. The summed E-state index contributed by atoms with van der Waals surface area (Å²) in [6.07, 6.45) is 24.4. The van der Waals surface area contributed by atoms with Crippen molar-refractivity contribution in [1.82, 2.24) is 0 Å². The summed E-state index contributed by atoms with van der Waals surface area (Å²) in [6.45, 7) is 1.59. The molecule has 0 spiro atoms. The van der Waals surface area contributed by atoms with E-state index in [4.69, 9.17) is 4.74 Å². The van der Waals surface area contributed by atoms with Gasteiger partial charge in [0.15, 0.2) is 5.60 Å². The van der Waals surface area contributed by atoms with E-state index in [-0.39, 0.29) is 13.2 Å². The second-order valence-electron chi connectivity index (χ2n) is 8.17. The number of hydrogen-bond acceptors (Lipinski definition) is 4. The molecule has 1 saturated heterocycles. The lowest BCUT2D eigenvalue weighted by atomic mass is 9.98. The summed E-state index contributed by atoms with van der Waals surface area (Å²) in [5.74, 6) is -0.393. The van der Waals surface area contributed by atoms with Crippen LogP contribution in [0.25, 0.3) is 0 Å². The fourth-order valence-corrected chi connectivity index (χ4v) is 3.59. The Kier molecular flexibility index (Phi) is 14.0. The number of aliphatic hydroxyl groups excluding tert-OH is 2. The van der Waals surface area contributed by atoms with E-state index in [0.29, 0.717) is 12.0 Å². The first kappa shape index (κ1) is 24.9. The SMILES string of the molecule is CCCCCCCC/C=C\CCCCCCC/C=C1\CC(CO)(CO)OC1=O. The minimum atomic E-state index is -1.11. The Bertz CT molecular complexity index is 463. The van der Waals surface area contributed by atoms with Gasteiger partial charge in [-0.3, -0.25) is 0 Å². The van der Waals surface area contributed by atoms with Crippen molar-refractivity contribution < 1.29 is 19.7 Å². The number of carbonyl (C=O) groups is 1. The Morgan fingerprint density at radius 2 is 1.32 bits per heavy atom. The molecule has 1 aliphatic rings. The highest BCUT2D eigenvalue weighted by atomic mass is 16.6. The van der Waals surface area contributed by atoms with Crippen molar-refractivity contribution >= 4 is 5.97 Å². The van der Waals surface area contributed by atoms with Crippen LogP contribution in [0.4, 0.5) is 0 Å². The van der Waals surface area contributed by atoms with Crippen molar-refractivity contribution in [3.8, 4) is 0 Å². The molecule has 4 heteroatoms. The first-order chi connectivity index (χ1) is 13.7.